The molecule has 4 heteroatoms. The lowest BCUT2D eigenvalue weighted by Crippen LogP contribution is -1.95. The molecule has 14 heavy (non-hydrogen) atoms. The lowest BCUT2D eigenvalue weighted by molar-refractivity contribution is 0.302. The highest BCUT2D eigenvalue weighted by Gasteiger charge is 2.07. The van der Waals surface area contributed by atoms with Crippen molar-refractivity contribution in [3.05, 3.63) is 41.8 Å². The van der Waals surface area contributed by atoms with Crippen LogP contribution in [0.15, 0.2) is 46.7 Å². The lowest BCUT2D eigenvalue weighted by atomic mass is 10.4. The molecule has 0 aliphatic carbocycles. The van der Waals surface area contributed by atoms with E-state index in [4.69, 9.17) is 5.11 Å². The van der Waals surface area contributed by atoms with Gasteiger partial charge in [0.2, 0.25) is 0 Å². The third kappa shape index (κ3) is 2.97. The smallest absolute Gasteiger partial charge is 0.199 e. The minimum atomic E-state index is -3.32. The summed E-state index contributed by atoms with van der Waals surface area (Å²) in [6.45, 7) is -0.0409. The molecular formula is C10H12O3S. The zero-order chi connectivity index (χ0) is 10.4. The summed E-state index contributed by atoms with van der Waals surface area (Å²) in [5, 5.41) is 9.61. The number of aliphatic hydroxyl groups is 1. The maximum Gasteiger partial charge on any atom is 0.199 e. The Morgan fingerprint density at radius 2 is 1.86 bits per heavy atom. The molecule has 0 amide bonds. The first-order chi connectivity index (χ1) is 6.67. The second-order valence-corrected chi connectivity index (χ2v) is 4.58. The molecule has 0 radical (unpaired) electrons. The molecule has 0 saturated carbocycles. The molecule has 0 heterocycles. The highest BCUT2D eigenvalue weighted by atomic mass is 32.2. The molecule has 0 aromatic heterocycles. The average Bonchev–Trinajstić information content (AvgIpc) is 2.19. The van der Waals surface area contributed by atoms with Gasteiger partial charge >= 0.3 is 0 Å². The number of aliphatic hydroxyl groups excluding tert-OH is 1. The van der Waals surface area contributed by atoms with Gasteiger partial charge < -0.3 is 5.11 Å². The van der Waals surface area contributed by atoms with E-state index in [0.29, 0.717) is 6.42 Å². The normalized spacial score (nSPS) is 12.1. The monoisotopic (exact) mass is 212 g/mol. The molecule has 1 rings (SSSR count). The van der Waals surface area contributed by atoms with E-state index in [2.05, 4.69) is 0 Å². The van der Waals surface area contributed by atoms with Crippen LogP contribution in [0.4, 0.5) is 0 Å². The van der Waals surface area contributed by atoms with Crippen LogP contribution in [0.5, 0.6) is 0 Å². The van der Waals surface area contributed by atoms with E-state index in [0.717, 1.165) is 5.41 Å². The summed E-state index contributed by atoms with van der Waals surface area (Å²) in [5.41, 5.74) is 0. The minimum absolute atomic E-state index is 0.0409. The van der Waals surface area contributed by atoms with E-state index >= 15 is 0 Å². The van der Waals surface area contributed by atoms with Gasteiger partial charge in [-0.2, -0.15) is 0 Å². The predicted octanol–water partition coefficient (Wildman–Crippen LogP) is 1.36. The first kappa shape index (κ1) is 10.9. The van der Waals surface area contributed by atoms with Gasteiger partial charge in [0.05, 0.1) is 4.90 Å². The van der Waals surface area contributed by atoms with Gasteiger partial charge in [-0.25, -0.2) is 8.42 Å². The van der Waals surface area contributed by atoms with E-state index in [9.17, 15) is 8.42 Å². The quantitative estimate of drug-likeness (QED) is 0.819. The Bertz CT molecular complexity index is 393. The molecule has 0 aliphatic heterocycles. The van der Waals surface area contributed by atoms with Gasteiger partial charge in [-0.05, 0) is 18.6 Å². The molecule has 0 aliphatic rings. The first-order valence-corrected chi connectivity index (χ1v) is 5.79. The fraction of sp³-hybridized carbons (Fsp3) is 0.200. The van der Waals surface area contributed by atoms with Crippen LogP contribution in [0.1, 0.15) is 6.42 Å². The van der Waals surface area contributed by atoms with Crippen molar-refractivity contribution in [2.24, 2.45) is 0 Å². The summed E-state index contributed by atoms with van der Waals surface area (Å²) < 4.78 is 23.1. The van der Waals surface area contributed by atoms with Crippen LogP contribution in [0.2, 0.25) is 0 Å². The fourth-order valence-electron chi connectivity index (χ4n) is 0.958. The topological polar surface area (TPSA) is 54.4 Å². The molecular weight excluding hydrogens is 200 g/mol. The zero-order valence-corrected chi connectivity index (χ0v) is 8.44. The maximum atomic E-state index is 11.5. The molecule has 0 saturated heterocycles. The second-order valence-electron chi connectivity index (χ2n) is 2.74. The van der Waals surface area contributed by atoms with Gasteiger partial charge in [0, 0.05) is 12.0 Å². The van der Waals surface area contributed by atoms with Crippen molar-refractivity contribution in [3.8, 4) is 0 Å². The van der Waals surface area contributed by atoms with Crippen molar-refractivity contribution in [2.45, 2.75) is 11.3 Å². The Kier molecular flexibility index (Phi) is 3.85. The van der Waals surface area contributed by atoms with Crippen molar-refractivity contribution in [1.82, 2.24) is 0 Å². The van der Waals surface area contributed by atoms with E-state index in [-0.39, 0.29) is 11.5 Å². The second kappa shape index (κ2) is 4.93. The Hall–Kier alpha value is -1.13. The van der Waals surface area contributed by atoms with Crippen LogP contribution >= 0.6 is 0 Å². The Morgan fingerprint density at radius 1 is 1.21 bits per heavy atom. The van der Waals surface area contributed by atoms with Crippen molar-refractivity contribution >= 4 is 9.84 Å². The number of benzene rings is 1. The minimum Gasteiger partial charge on any atom is -0.396 e. The van der Waals surface area contributed by atoms with E-state index in [1.54, 1.807) is 30.3 Å². The first-order valence-electron chi connectivity index (χ1n) is 4.24. The van der Waals surface area contributed by atoms with Crippen molar-refractivity contribution in [1.29, 1.82) is 0 Å². The average molecular weight is 212 g/mol. The molecule has 0 atom stereocenters. The molecule has 0 spiro atoms. The van der Waals surface area contributed by atoms with E-state index in [1.807, 2.05) is 0 Å². The SMILES string of the molecule is O=S(=O)(C=CCCO)c1ccccc1. The third-order valence-electron chi connectivity index (χ3n) is 1.64. The summed E-state index contributed by atoms with van der Waals surface area (Å²) in [6, 6.07) is 8.19. The number of sulfone groups is 1. The lowest BCUT2D eigenvalue weighted by Gasteiger charge is -1.96. The largest absolute Gasteiger partial charge is 0.396 e. The molecule has 3 nitrogen and oxygen atoms in total. The van der Waals surface area contributed by atoms with Gasteiger partial charge in [-0.3, -0.25) is 0 Å². The molecule has 1 aromatic rings. The Balaban J connectivity index is 2.87. The number of hydrogen-bond donors (Lipinski definition) is 1. The molecule has 76 valence electrons. The van der Waals surface area contributed by atoms with Crippen molar-refractivity contribution < 1.29 is 13.5 Å². The van der Waals surface area contributed by atoms with Crippen LogP contribution in [0, 0.1) is 0 Å². The highest BCUT2D eigenvalue weighted by molar-refractivity contribution is 7.94. The predicted molar refractivity (Wildman–Crippen MR) is 54.5 cm³/mol. The van der Waals surface area contributed by atoms with E-state index in [1.165, 1.54) is 6.08 Å². The zero-order valence-electron chi connectivity index (χ0n) is 7.63. The molecule has 1 aromatic carbocycles. The standard InChI is InChI=1S/C10H12O3S/c11-8-4-5-9-14(12,13)10-6-2-1-3-7-10/h1-3,5-7,9,11H,4,8H2. The van der Waals surface area contributed by atoms with Crippen LogP contribution in [-0.4, -0.2) is 20.1 Å². The summed E-state index contributed by atoms with van der Waals surface area (Å²) >= 11 is 0. The summed E-state index contributed by atoms with van der Waals surface area (Å²) in [5.74, 6) is 0. The van der Waals surface area contributed by atoms with E-state index < -0.39 is 9.84 Å². The van der Waals surface area contributed by atoms with Crippen molar-refractivity contribution in [2.75, 3.05) is 6.61 Å². The number of rotatable bonds is 4. The van der Waals surface area contributed by atoms with Crippen molar-refractivity contribution in [3.63, 3.8) is 0 Å². The fourth-order valence-corrected chi connectivity index (χ4v) is 2.04. The third-order valence-corrected chi connectivity index (χ3v) is 3.12. The van der Waals surface area contributed by atoms with Gasteiger partial charge in [-0.1, -0.05) is 24.3 Å². The van der Waals surface area contributed by atoms with Crippen LogP contribution in [0.3, 0.4) is 0 Å². The summed E-state index contributed by atoms with van der Waals surface area (Å²) in [4.78, 5) is 0.272. The molecule has 0 unspecified atom stereocenters. The number of hydrogen-bond acceptors (Lipinski definition) is 3. The highest BCUT2D eigenvalue weighted by Crippen LogP contribution is 2.11. The summed E-state index contributed by atoms with van der Waals surface area (Å²) in [6.07, 6.45) is 1.80. The molecule has 0 bridgehead atoms. The Labute approximate surface area is 83.6 Å². The summed E-state index contributed by atoms with van der Waals surface area (Å²) in [7, 11) is -3.32. The maximum absolute atomic E-state index is 11.5. The molecule has 0 fully saturated rings. The molecule has 1 N–H and O–H groups in total. The van der Waals surface area contributed by atoms with Gasteiger partial charge in [0.1, 0.15) is 0 Å². The van der Waals surface area contributed by atoms with Crippen LogP contribution in [-0.2, 0) is 9.84 Å². The van der Waals surface area contributed by atoms with Gasteiger partial charge in [0.25, 0.3) is 0 Å². The van der Waals surface area contributed by atoms with Gasteiger partial charge in [0.15, 0.2) is 9.84 Å². The van der Waals surface area contributed by atoms with Crippen LogP contribution < -0.4 is 0 Å². The van der Waals surface area contributed by atoms with Gasteiger partial charge in [-0.15, -0.1) is 0 Å². The Morgan fingerprint density at radius 3 is 2.43 bits per heavy atom. The van der Waals surface area contributed by atoms with Crippen LogP contribution in [0.25, 0.3) is 0 Å².